The summed E-state index contributed by atoms with van der Waals surface area (Å²) in [6, 6.07) is 7.39. The number of imidazole rings is 1. The van der Waals surface area contributed by atoms with Crippen LogP contribution in [0.2, 0.25) is 5.02 Å². The average Bonchev–Trinajstić information content (AvgIpc) is 2.82. The van der Waals surface area contributed by atoms with E-state index in [0.717, 1.165) is 28.7 Å². The minimum Gasteiger partial charge on any atom is -0.464 e. The zero-order chi connectivity index (χ0) is 15.2. The lowest BCUT2D eigenvalue weighted by atomic mass is 10.2. The van der Waals surface area contributed by atoms with Crippen LogP contribution in [0.5, 0.6) is 0 Å². The number of carbonyl (C=O) groups is 1. The zero-order valence-corrected chi connectivity index (χ0v) is 14.0. The van der Waals surface area contributed by atoms with Crippen molar-refractivity contribution < 1.29 is 9.53 Å². The predicted octanol–water partition coefficient (Wildman–Crippen LogP) is 4.31. The van der Waals surface area contributed by atoms with Crippen LogP contribution in [0.1, 0.15) is 19.8 Å². The summed E-state index contributed by atoms with van der Waals surface area (Å²) in [5.41, 5.74) is 1.71. The van der Waals surface area contributed by atoms with Crippen LogP contribution in [0.3, 0.4) is 0 Å². The first-order valence-corrected chi connectivity index (χ1v) is 7.91. The van der Waals surface area contributed by atoms with Crippen molar-refractivity contribution in [1.29, 1.82) is 0 Å². The molecule has 0 bridgehead atoms. The van der Waals surface area contributed by atoms with Gasteiger partial charge >= 0.3 is 5.97 Å². The van der Waals surface area contributed by atoms with Gasteiger partial charge in [-0.05, 0) is 34.5 Å². The van der Waals surface area contributed by atoms with Crippen molar-refractivity contribution in [3.63, 3.8) is 0 Å². The Bertz CT molecular complexity index is 611. The Morgan fingerprint density at radius 3 is 2.76 bits per heavy atom. The summed E-state index contributed by atoms with van der Waals surface area (Å²) >= 11 is 9.35. The highest BCUT2D eigenvalue weighted by Crippen LogP contribution is 2.27. The third-order valence-corrected chi connectivity index (χ3v) is 4.03. The van der Waals surface area contributed by atoms with Crippen molar-refractivity contribution in [2.45, 2.75) is 26.3 Å². The van der Waals surface area contributed by atoms with Gasteiger partial charge in [0.15, 0.2) is 0 Å². The zero-order valence-electron chi connectivity index (χ0n) is 11.7. The van der Waals surface area contributed by atoms with Crippen molar-refractivity contribution in [3.8, 4) is 11.3 Å². The maximum absolute atomic E-state index is 11.7. The summed E-state index contributed by atoms with van der Waals surface area (Å²) in [5.74, 6) is -0.260. The van der Waals surface area contributed by atoms with E-state index in [0.29, 0.717) is 11.6 Å². The molecule has 0 N–H and O–H groups in total. The molecule has 1 aromatic heterocycles. The van der Waals surface area contributed by atoms with Gasteiger partial charge in [0.05, 0.1) is 12.9 Å². The summed E-state index contributed by atoms with van der Waals surface area (Å²) in [7, 11) is 0. The maximum Gasteiger partial charge on any atom is 0.326 e. The number of carbonyl (C=O) groups excluding carboxylic acids is 1. The number of nitrogens with zero attached hydrogens (tertiary/aromatic N) is 2. The fourth-order valence-electron chi connectivity index (χ4n) is 1.79. The number of halogens is 2. The van der Waals surface area contributed by atoms with Gasteiger partial charge in [0.1, 0.15) is 16.8 Å². The number of hydrogen-bond acceptors (Lipinski definition) is 3. The van der Waals surface area contributed by atoms with Gasteiger partial charge in [0.25, 0.3) is 0 Å². The number of hydrogen-bond donors (Lipinski definition) is 0. The monoisotopic (exact) mass is 370 g/mol. The van der Waals surface area contributed by atoms with Crippen LogP contribution >= 0.6 is 27.5 Å². The molecule has 0 saturated heterocycles. The Morgan fingerprint density at radius 2 is 2.10 bits per heavy atom. The lowest BCUT2D eigenvalue weighted by molar-refractivity contribution is -0.144. The third kappa shape index (κ3) is 4.32. The number of esters is 1. The van der Waals surface area contributed by atoms with E-state index in [1.807, 2.05) is 12.1 Å². The Morgan fingerprint density at radius 1 is 1.38 bits per heavy atom. The quantitative estimate of drug-likeness (QED) is 0.561. The molecule has 21 heavy (non-hydrogen) atoms. The molecule has 0 aliphatic heterocycles. The highest BCUT2D eigenvalue weighted by Gasteiger charge is 2.13. The lowest BCUT2D eigenvalue weighted by Crippen LogP contribution is -2.13. The summed E-state index contributed by atoms with van der Waals surface area (Å²) in [5, 5.41) is 0.675. The molecule has 2 rings (SSSR count). The Balaban J connectivity index is 2.06. The Labute approximate surface area is 137 Å². The molecule has 0 fully saturated rings. The SMILES string of the molecule is CCCCOC(=O)Cn1cnc(-c2ccc(Cl)cc2)c1Br. The molecule has 1 heterocycles. The Kier molecular flexibility index (Phi) is 5.82. The second-order valence-corrected chi connectivity index (χ2v) is 5.78. The molecule has 0 saturated carbocycles. The number of unbranched alkanes of at least 4 members (excludes halogenated alkanes) is 1. The van der Waals surface area contributed by atoms with Crippen LogP contribution in [0.15, 0.2) is 35.2 Å². The van der Waals surface area contributed by atoms with Crippen LogP contribution in [0, 0.1) is 0 Å². The summed E-state index contributed by atoms with van der Waals surface area (Å²) in [6.45, 7) is 2.66. The van der Waals surface area contributed by atoms with Crippen molar-refractivity contribution in [2.75, 3.05) is 6.61 Å². The van der Waals surface area contributed by atoms with Gasteiger partial charge in [-0.3, -0.25) is 4.79 Å². The molecular formula is C15H16BrClN2O2. The summed E-state index contributed by atoms with van der Waals surface area (Å²) in [6.07, 6.45) is 3.50. The van der Waals surface area contributed by atoms with Gasteiger partial charge in [0.2, 0.25) is 0 Å². The van der Waals surface area contributed by atoms with Gasteiger partial charge in [-0.2, -0.15) is 0 Å². The van der Waals surface area contributed by atoms with Gasteiger partial charge in [0, 0.05) is 10.6 Å². The van der Waals surface area contributed by atoms with Crippen molar-refractivity contribution in [3.05, 3.63) is 40.2 Å². The first kappa shape index (κ1) is 16.0. The van der Waals surface area contributed by atoms with E-state index in [2.05, 4.69) is 27.8 Å². The minimum absolute atomic E-state index is 0.144. The van der Waals surface area contributed by atoms with Gasteiger partial charge in [-0.25, -0.2) is 4.98 Å². The van der Waals surface area contributed by atoms with Crippen LogP contribution in [-0.2, 0) is 16.1 Å². The maximum atomic E-state index is 11.7. The second kappa shape index (κ2) is 7.61. The molecular weight excluding hydrogens is 356 g/mol. The number of rotatable bonds is 6. The molecule has 6 heteroatoms. The molecule has 0 radical (unpaired) electrons. The molecule has 0 spiro atoms. The van der Waals surface area contributed by atoms with Gasteiger partial charge in [-0.15, -0.1) is 0 Å². The minimum atomic E-state index is -0.260. The average molecular weight is 372 g/mol. The molecule has 2 aromatic rings. The largest absolute Gasteiger partial charge is 0.464 e. The predicted molar refractivity (Wildman–Crippen MR) is 86.2 cm³/mol. The molecule has 0 atom stereocenters. The van der Waals surface area contributed by atoms with E-state index < -0.39 is 0 Å². The third-order valence-electron chi connectivity index (χ3n) is 2.95. The molecule has 4 nitrogen and oxygen atoms in total. The van der Waals surface area contributed by atoms with E-state index in [-0.39, 0.29) is 12.5 Å². The van der Waals surface area contributed by atoms with Gasteiger partial charge in [-0.1, -0.05) is 37.1 Å². The number of ether oxygens (including phenoxy) is 1. The molecule has 0 amide bonds. The lowest BCUT2D eigenvalue weighted by Gasteiger charge is -2.06. The molecule has 0 unspecified atom stereocenters. The summed E-state index contributed by atoms with van der Waals surface area (Å²) < 4.78 is 7.61. The highest BCUT2D eigenvalue weighted by molar-refractivity contribution is 9.10. The van der Waals surface area contributed by atoms with Crippen molar-refractivity contribution >= 4 is 33.5 Å². The standard InChI is InChI=1S/C15H16BrClN2O2/c1-2-3-8-21-13(20)9-19-10-18-14(15(19)16)11-4-6-12(17)7-5-11/h4-7,10H,2-3,8-9H2,1H3. The van der Waals surface area contributed by atoms with E-state index >= 15 is 0 Å². The molecule has 0 aliphatic rings. The number of benzene rings is 1. The first-order valence-electron chi connectivity index (χ1n) is 6.74. The van der Waals surface area contributed by atoms with Crippen LogP contribution < -0.4 is 0 Å². The second-order valence-electron chi connectivity index (χ2n) is 4.59. The molecule has 0 aliphatic carbocycles. The van der Waals surface area contributed by atoms with E-state index in [1.54, 1.807) is 23.0 Å². The fraction of sp³-hybridized carbons (Fsp3) is 0.333. The first-order chi connectivity index (χ1) is 10.1. The molecule has 112 valence electrons. The normalized spacial score (nSPS) is 10.6. The van der Waals surface area contributed by atoms with E-state index in [9.17, 15) is 4.79 Å². The highest BCUT2D eigenvalue weighted by atomic mass is 79.9. The van der Waals surface area contributed by atoms with E-state index in [1.165, 1.54) is 0 Å². The fourth-order valence-corrected chi connectivity index (χ4v) is 2.47. The van der Waals surface area contributed by atoms with Crippen LogP contribution in [0.4, 0.5) is 0 Å². The Hall–Kier alpha value is -1.33. The van der Waals surface area contributed by atoms with Crippen molar-refractivity contribution in [1.82, 2.24) is 9.55 Å². The van der Waals surface area contributed by atoms with E-state index in [4.69, 9.17) is 16.3 Å². The topological polar surface area (TPSA) is 44.1 Å². The van der Waals surface area contributed by atoms with Crippen LogP contribution in [-0.4, -0.2) is 22.1 Å². The van der Waals surface area contributed by atoms with Crippen molar-refractivity contribution in [2.24, 2.45) is 0 Å². The summed E-state index contributed by atoms with van der Waals surface area (Å²) in [4.78, 5) is 16.1. The smallest absolute Gasteiger partial charge is 0.326 e. The van der Waals surface area contributed by atoms with Gasteiger partial charge < -0.3 is 9.30 Å². The number of aromatic nitrogens is 2. The van der Waals surface area contributed by atoms with Crippen LogP contribution in [0.25, 0.3) is 11.3 Å². The molecule has 1 aromatic carbocycles.